The van der Waals surface area contributed by atoms with Crippen LogP contribution in [0.3, 0.4) is 0 Å². The molecule has 0 radical (unpaired) electrons. The minimum Gasteiger partial charge on any atom is -0.391 e. The molecule has 1 fully saturated rings. The Kier molecular flexibility index (Phi) is 3.24. The molecule has 0 atom stereocenters. The molecule has 0 bridgehead atoms. The van der Waals surface area contributed by atoms with Gasteiger partial charge < -0.3 is 19.1 Å². The SMILES string of the molecule is CCC(=O)c1cc2n(c(=O)c1CO)CCC21OCCO1. The van der Waals surface area contributed by atoms with E-state index < -0.39 is 12.4 Å². The molecule has 3 heterocycles. The van der Waals surface area contributed by atoms with E-state index in [2.05, 4.69) is 0 Å². The third-order valence-electron chi connectivity index (χ3n) is 3.99. The topological polar surface area (TPSA) is 77.8 Å². The average Bonchev–Trinajstić information content (AvgIpc) is 3.07. The van der Waals surface area contributed by atoms with Crippen LogP contribution in [0.4, 0.5) is 0 Å². The predicted octanol–water partition coefficient (Wildman–Crippen LogP) is 0.537. The van der Waals surface area contributed by atoms with Crippen molar-refractivity contribution in [3.63, 3.8) is 0 Å². The molecule has 1 N–H and O–H groups in total. The van der Waals surface area contributed by atoms with Gasteiger partial charge in [0.15, 0.2) is 5.78 Å². The van der Waals surface area contributed by atoms with Gasteiger partial charge in [-0.15, -0.1) is 0 Å². The lowest BCUT2D eigenvalue weighted by atomic mass is 10.0. The summed E-state index contributed by atoms with van der Waals surface area (Å²) in [6.45, 7) is 2.73. The first-order chi connectivity index (χ1) is 9.63. The smallest absolute Gasteiger partial charge is 0.257 e. The van der Waals surface area contributed by atoms with Gasteiger partial charge in [-0.05, 0) is 6.07 Å². The molecule has 6 nitrogen and oxygen atoms in total. The first-order valence-electron chi connectivity index (χ1n) is 6.82. The number of aromatic nitrogens is 1. The Bertz CT molecular complexity index is 613. The van der Waals surface area contributed by atoms with E-state index in [-0.39, 0.29) is 28.9 Å². The molecule has 1 aromatic rings. The maximum Gasteiger partial charge on any atom is 0.257 e. The Labute approximate surface area is 115 Å². The van der Waals surface area contributed by atoms with Gasteiger partial charge in [-0.2, -0.15) is 0 Å². The van der Waals surface area contributed by atoms with E-state index in [1.807, 2.05) is 0 Å². The van der Waals surface area contributed by atoms with Crippen molar-refractivity contribution in [1.82, 2.24) is 4.57 Å². The highest BCUT2D eigenvalue weighted by molar-refractivity contribution is 5.97. The lowest BCUT2D eigenvalue weighted by Gasteiger charge is -2.22. The van der Waals surface area contributed by atoms with Crippen LogP contribution >= 0.6 is 0 Å². The van der Waals surface area contributed by atoms with Gasteiger partial charge >= 0.3 is 0 Å². The van der Waals surface area contributed by atoms with Crippen molar-refractivity contribution in [3.8, 4) is 0 Å². The fourth-order valence-electron chi connectivity index (χ4n) is 2.95. The lowest BCUT2D eigenvalue weighted by Crippen LogP contribution is -2.31. The number of pyridine rings is 1. The summed E-state index contributed by atoms with van der Waals surface area (Å²) in [6, 6.07) is 1.65. The standard InChI is InChI=1S/C14H17NO5/c1-2-11(17)9-7-12-14(19-5-6-20-14)3-4-15(12)13(18)10(9)8-16/h7,16H,2-6,8H2,1H3. The fraction of sp³-hybridized carbons (Fsp3) is 0.571. The van der Waals surface area contributed by atoms with Gasteiger partial charge in [0.1, 0.15) is 0 Å². The summed E-state index contributed by atoms with van der Waals surface area (Å²) in [5, 5.41) is 9.40. The molecular weight excluding hydrogens is 262 g/mol. The Hall–Kier alpha value is -1.50. The van der Waals surface area contributed by atoms with Crippen LogP contribution in [-0.2, 0) is 28.4 Å². The fourth-order valence-corrected chi connectivity index (χ4v) is 2.95. The van der Waals surface area contributed by atoms with Crippen LogP contribution in [0.5, 0.6) is 0 Å². The molecule has 0 saturated carbocycles. The molecule has 2 aliphatic rings. The van der Waals surface area contributed by atoms with Crippen LogP contribution in [0.2, 0.25) is 0 Å². The molecule has 1 spiro atoms. The number of hydrogen-bond acceptors (Lipinski definition) is 5. The van der Waals surface area contributed by atoms with Gasteiger partial charge in [0.2, 0.25) is 5.79 Å². The van der Waals surface area contributed by atoms with Crippen molar-refractivity contribution >= 4 is 5.78 Å². The van der Waals surface area contributed by atoms with Crippen LogP contribution in [-0.4, -0.2) is 28.7 Å². The molecule has 20 heavy (non-hydrogen) atoms. The van der Waals surface area contributed by atoms with Gasteiger partial charge in [0.05, 0.1) is 31.1 Å². The molecule has 0 aromatic carbocycles. The molecule has 108 valence electrons. The van der Waals surface area contributed by atoms with Crippen molar-refractivity contribution < 1.29 is 19.4 Å². The second kappa shape index (κ2) is 4.80. The highest BCUT2D eigenvalue weighted by Gasteiger charge is 2.46. The van der Waals surface area contributed by atoms with E-state index in [4.69, 9.17) is 9.47 Å². The van der Waals surface area contributed by atoms with E-state index in [9.17, 15) is 14.7 Å². The Morgan fingerprint density at radius 3 is 2.75 bits per heavy atom. The van der Waals surface area contributed by atoms with Crippen LogP contribution in [0.1, 0.15) is 41.4 Å². The summed E-state index contributed by atoms with van der Waals surface area (Å²) in [4.78, 5) is 24.4. The van der Waals surface area contributed by atoms with Crippen molar-refractivity contribution in [2.24, 2.45) is 0 Å². The first-order valence-corrected chi connectivity index (χ1v) is 6.82. The van der Waals surface area contributed by atoms with E-state index in [0.717, 1.165) is 0 Å². The van der Waals surface area contributed by atoms with Crippen molar-refractivity contribution in [2.45, 2.75) is 38.7 Å². The summed E-state index contributed by atoms with van der Waals surface area (Å²) < 4.78 is 12.9. The highest BCUT2D eigenvalue weighted by Crippen LogP contribution is 2.39. The van der Waals surface area contributed by atoms with Crippen molar-refractivity contribution in [1.29, 1.82) is 0 Å². The summed E-state index contributed by atoms with van der Waals surface area (Å²) in [5.74, 6) is -1.05. The number of carbonyl (C=O) groups is 1. The van der Waals surface area contributed by atoms with E-state index in [1.54, 1.807) is 17.6 Å². The number of ether oxygens (including phenoxy) is 2. The lowest BCUT2D eigenvalue weighted by molar-refractivity contribution is -0.163. The summed E-state index contributed by atoms with van der Waals surface area (Å²) in [5.41, 5.74) is 0.717. The second-order valence-corrected chi connectivity index (χ2v) is 5.01. The maximum atomic E-state index is 12.4. The molecule has 1 saturated heterocycles. The zero-order valence-corrected chi connectivity index (χ0v) is 11.3. The summed E-state index contributed by atoms with van der Waals surface area (Å²) in [7, 11) is 0. The van der Waals surface area contributed by atoms with Gasteiger partial charge in [0, 0.05) is 24.9 Å². The number of aliphatic hydroxyl groups is 1. The van der Waals surface area contributed by atoms with Gasteiger partial charge in [-0.25, -0.2) is 0 Å². The quantitative estimate of drug-likeness (QED) is 0.817. The number of aliphatic hydroxyl groups excluding tert-OH is 1. The Morgan fingerprint density at radius 1 is 1.45 bits per heavy atom. The monoisotopic (exact) mass is 279 g/mol. The minimum absolute atomic E-state index is 0.158. The van der Waals surface area contributed by atoms with E-state index in [1.165, 1.54) is 0 Å². The van der Waals surface area contributed by atoms with Crippen LogP contribution in [0.15, 0.2) is 10.9 Å². The molecule has 3 rings (SSSR count). The molecule has 0 aliphatic carbocycles. The summed E-state index contributed by atoms with van der Waals surface area (Å²) >= 11 is 0. The normalized spacial score (nSPS) is 19.5. The second-order valence-electron chi connectivity index (χ2n) is 5.01. The average molecular weight is 279 g/mol. The number of fused-ring (bicyclic) bond motifs is 2. The van der Waals surface area contributed by atoms with Crippen LogP contribution < -0.4 is 5.56 Å². The van der Waals surface area contributed by atoms with Gasteiger partial charge in [0.25, 0.3) is 5.56 Å². The van der Waals surface area contributed by atoms with Crippen LogP contribution in [0.25, 0.3) is 0 Å². The molecular formula is C14H17NO5. The predicted molar refractivity (Wildman–Crippen MR) is 69.4 cm³/mol. The number of nitrogens with zero attached hydrogens (tertiary/aromatic N) is 1. The number of hydrogen-bond donors (Lipinski definition) is 1. The number of rotatable bonds is 3. The van der Waals surface area contributed by atoms with Crippen molar-refractivity contribution in [2.75, 3.05) is 13.2 Å². The number of Topliss-reactive ketones (excluding diaryl/α,β-unsaturated/α-hetero) is 1. The first kappa shape index (κ1) is 13.5. The van der Waals surface area contributed by atoms with E-state index in [0.29, 0.717) is 31.9 Å². The molecule has 2 aliphatic heterocycles. The Balaban J connectivity index is 2.22. The molecule has 0 amide bonds. The van der Waals surface area contributed by atoms with Gasteiger partial charge in [-0.1, -0.05) is 6.92 Å². The van der Waals surface area contributed by atoms with Gasteiger partial charge in [-0.3, -0.25) is 9.59 Å². The molecule has 0 unspecified atom stereocenters. The zero-order valence-electron chi connectivity index (χ0n) is 11.3. The zero-order chi connectivity index (χ0) is 14.3. The van der Waals surface area contributed by atoms with E-state index >= 15 is 0 Å². The number of carbonyl (C=O) groups excluding carboxylic acids is 1. The largest absolute Gasteiger partial charge is 0.391 e. The third-order valence-corrected chi connectivity index (χ3v) is 3.99. The third kappa shape index (κ3) is 1.76. The molecule has 6 heteroatoms. The summed E-state index contributed by atoms with van der Waals surface area (Å²) in [6.07, 6.45) is 0.835. The highest BCUT2D eigenvalue weighted by atomic mass is 16.7. The maximum absolute atomic E-state index is 12.4. The Morgan fingerprint density at radius 2 is 2.15 bits per heavy atom. The van der Waals surface area contributed by atoms with Crippen molar-refractivity contribution in [3.05, 3.63) is 33.2 Å². The minimum atomic E-state index is -0.893. The number of ketones is 1. The molecule has 1 aromatic heterocycles. The van der Waals surface area contributed by atoms with Crippen LogP contribution in [0, 0.1) is 0 Å².